The van der Waals surface area contributed by atoms with Crippen molar-refractivity contribution < 1.29 is 22.7 Å². The van der Waals surface area contributed by atoms with Crippen molar-refractivity contribution in [3.63, 3.8) is 0 Å². The molecule has 20 heavy (non-hydrogen) atoms. The molecule has 7 heteroatoms. The quantitative estimate of drug-likeness (QED) is 0.758. The molecule has 0 aliphatic rings. The van der Waals surface area contributed by atoms with Crippen molar-refractivity contribution in [1.29, 1.82) is 0 Å². The Morgan fingerprint density at radius 3 is 2.70 bits per heavy atom. The van der Waals surface area contributed by atoms with Crippen LogP contribution in [0.25, 0.3) is 0 Å². The lowest BCUT2D eigenvalue weighted by Crippen LogP contribution is -2.16. The highest BCUT2D eigenvalue weighted by atomic mass is 19.4. The molecule has 1 aromatic carbocycles. The molecule has 0 fully saturated rings. The predicted octanol–water partition coefficient (Wildman–Crippen LogP) is 2.44. The van der Waals surface area contributed by atoms with E-state index in [0.29, 0.717) is 12.2 Å². The molecule has 1 rings (SSSR count). The van der Waals surface area contributed by atoms with Gasteiger partial charge in [-0.3, -0.25) is 4.79 Å². The van der Waals surface area contributed by atoms with Gasteiger partial charge in [-0.2, -0.15) is 13.2 Å². The molecule has 0 bridgehead atoms. The van der Waals surface area contributed by atoms with Crippen LogP contribution in [0.2, 0.25) is 0 Å². The highest BCUT2D eigenvalue weighted by molar-refractivity contribution is 5.90. The van der Waals surface area contributed by atoms with Gasteiger partial charge in [0.2, 0.25) is 5.91 Å². The Labute approximate surface area is 115 Å². The maximum Gasteiger partial charge on any atom is 0.391 e. The summed E-state index contributed by atoms with van der Waals surface area (Å²) in [6.07, 6.45) is -5.23. The molecule has 0 heterocycles. The summed E-state index contributed by atoms with van der Waals surface area (Å²) in [5.74, 6) is -0.314. The number of hydrogen-bond donors (Lipinski definition) is 2. The second-order valence-corrected chi connectivity index (χ2v) is 4.18. The standard InChI is InChI=1S/C13H17F3N2O2/c14-13(15,16)5-7-20-6-4-12(19)18-11-3-1-2-10(8-11)9-17/h1-3,8H,4-7,9,17H2,(H,18,19). The molecule has 1 amide bonds. The second kappa shape index (κ2) is 7.86. The zero-order valence-corrected chi connectivity index (χ0v) is 10.9. The maximum absolute atomic E-state index is 11.8. The fraction of sp³-hybridized carbons (Fsp3) is 0.462. The first-order chi connectivity index (χ1) is 9.40. The molecule has 0 aromatic heterocycles. The third kappa shape index (κ3) is 7.10. The number of amides is 1. The van der Waals surface area contributed by atoms with E-state index >= 15 is 0 Å². The summed E-state index contributed by atoms with van der Waals surface area (Å²) >= 11 is 0. The smallest absolute Gasteiger partial charge is 0.381 e. The average Bonchev–Trinajstić information content (AvgIpc) is 2.37. The Hall–Kier alpha value is -1.60. The Kier molecular flexibility index (Phi) is 6.47. The first-order valence-electron chi connectivity index (χ1n) is 6.14. The Morgan fingerprint density at radius 1 is 1.30 bits per heavy atom. The Balaban J connectivity index is 2.23. The molecule has 0 aliphatic heterocycles. The minimum atomic E-state index is -4.23. The van der Waals surface area contributed by atoms with E-state index in [1.54, 1.807) is 18.2 Å². The van der Waals surface area contributed by atoms with E-state index in [1.165, 1.54) is 0 Å². The molecule has 0 saturated carbocycles. The average molecular weight is 290 g/mol. The van der Waals surface area contributed by atoms with Crippen molar-refractivity contribution in [3.8, 4) is 0 Å². The normalized spacial score (nSPS) is 11.4. The summed E-state index contributed by atoms with van der Waals surface area (Å²) in [7, 11) is 0. The van der Waals surface area contributed by atoms with Crippen LogP contribution in [0.15, 0.2) is 24.3 Å². The third-order valence-corrected chi connectivity index (χ3v) is 2.45. The van der Waals surface area contributed by atoms with E-state index in [1.807, 2.05) is 6.07 Å². The van der Waals surface area contributed by atoms with Crippen LogP contribution in [-0.2, 0) is 16.1 Å². The van der Waals surface area contributed by atoms with Gasteiger partial charge in [-0.25, -0.2) is 0 Å². The van der Waals surface area contributed by atoms with Crippen LogP contribution < -0.4 is 11.1 Å². The van der Waals surface area contributed by atoms with E-state index in [-0.39, 0.29) is 18.9 Å². The van der Waals surface area contributed by atoms with Gasteiger partial charge in [-0.15, -0.1) is 0 Å². The minimum Gasteiger partial charge on any atom is -0.381 e. The summed E-state index contributed by atoms with van der Waals surface area (Å²) in [5, 5.41) is 2.63. The topological polar surface area (TPSA) is 64.3 Å². The Morgan fingerprint density at radius 2 is 2.05 bits per heavy atom. The summed E-state index contributed by atoms with van der Waals surface area (Å²) in [6.45, 7) is -0.109. The SMILES string of the molecule is NCc1cccc(NC(=O)CCOCCC(F)(F)F)c1. The molecule has 0 unspecified atom stereocenters. The zero-order valence-electron chi connectivity index (χ0n) is 10.9. The van der Waals surface area contributed by atoms with E-state index in [0.717, 1.165) is 5.56 Å². The lowest BCUT2D eigenvalue weighted by Gasteiger charge is -2.08. The number of ether oxygens (including phenoxy) is 1. The number of nitrogens with one attached hydrogen (secondary N) is 1. The number of hydrogen-bond acceptors (Lipinski definition) is 3. The summed E-state index contributed by atoms with van der Waals surface area (Å²) in [5.41, 5.74) is 6.96. The van der Waals surface area contributed by atoms with E-state index in [2.05, 4.69) is 5.32 Å². The Bertz CT molecular complexity index is 436. The van der Waals surface area contributed by atoms with Crippen LogP contribution in [0.1, 0.15) is 18.4 Å². The first-order valence-corrected chi connectivity index (χ1v) is 6.14. The van der Waals surface area contributed by atoms with Crippen LogP contribution in [0.4, 0.5) is 18.9 Å². The van der Waals surface area contributed by atoms with Gasteiger partial charge in [-0.05, 0) is 17.7 Å². The van der Waals surface area contributed by atoms with Crippen molar-refractivity contribution in [1.82, 2.24) is 0 Å². The predicted molar refractivity (Wildman–Crippen MR) is 69.1 cm³/mol. The van der Waals surface area contributed by atoms with Crippen LogP contribution in [0.5, 0.6) is 0 Å². The van der Waals surface area contributed by atoms with Gasteiger partial charge >= 0.3 is 6.18 Å². The van der Waals surface area contributed by atoms with Crippen molar-refractivity contribution in [3.05, 3.63) is 29.8 Å². The van der Waals surface area contributed by atoms with Gasteiger partial charge in [0.05, 0.1) is 26.1 Å². The van der Waals surface area contributed by atoms with Crippen LogP contribution >= 0.6 is 0 Å². The molecule has 3 N–H and O–H groups in total. The van der Waals surface area contributed by atoms with Crippen molar-refractivity contribution in [2.24, 2.45) is 5.73 Å². The monoisotopic (exact) mass is 290 g/mol. The number of nitrogens with two attached hydrogens (primary N) is 1. The minimum absolute atomic E-state index is 0.00467. The number of rotatable bonds is 7. The second-order valence-electron chi connectivity index (χ2n) is 4.18. The van der Waals surface area contributed by atoms with E-state index in [9.17, 15) is 18.0 Å². The van der Waals surface area contributed by atoms with Crippen LogP contribution in [-0.4, -0.2) is 25.3 Å². The van der Waals surface area contributed by atoms with Gasteiger partial charge in [0.15, 0.2) is 0 Å². The van der Waals surface area contributed by atoms with Crippen LogP contribution in [0, 0.1) is 0 Å². The highest BCUT2D eigenvalue weighted by Crippen LogP contribution is 2.19. The van der Waals surface area contributed by atoms with Gasteiger partial charge in [-0.1, -0.05) is 12.1 Å². The molecule has 0 atom stereocenters. The molecule has 0 spiro atoms. The molecular weight excluding hydrogens is 273 g/mol. The fourth-order valence-electron chi connectivity index (χ4n) is 1.45. The lowest BCUT2D eigenvalue weighted by molar-refractivity contribution is -0.145. The van der Waals surface area contributed by atoms with Crippen molar-refractivity contribution in [2.75, 3.05) is 18.5 Å². The first kappa shape index (κ1) is 16.5. The largest absolute Gasteiger partial charge is 0.391 e. The molecule has 0 radical (unpaired) electrons. The summed E-state index contributed by atoms with van der Waals surface area (Å²) in [6, 6.07) is 7.04. The van der Waals surface area contributed by atoms with E-state index < -0.39 is 19.2 Å². The maximum atomic E-state index is 11.8. The molecule has 1 aromatic rings. The third-order valence-electron chi connectivity index (χ3n) is 2.45. The van der Waals surface area contributed by atoms with Gasteiger partial charge in [0.1, 0.15) is 0 Å². The van der Waals surface area contributed by atoms with Gasteiger partial charge < -0.3 is 15.8 Å². The number of anilines is 1. The van der Waals surface area contributed by atoms with Crippen molar-refractivity contribution >= 4 is 11.6 Å². The molecular formula is C13H17F3N2O2. The summed E-state index contributed by atoms with van der Waals surface area (Å²) < 4.78 is 40.3. The number of carbonyl (C=O) groups excluding carboxylic acids is 1. The van der Waals surface area contributed by atoms with Gasteiger partial charge in [0.25, 0.3) is 0 Å². The zero-order chi connectivity index (χ0) is 15.0. The van der Waals surface area contributed by atoms with Crippen LogP contribution in [0.3, 0.4) is 0 Å². The van der Waals surface area contributed by atoms with Gasteiger partial charge in [0, 0.05) is 12.2 Å². The number of halogens is 3. The van der Waals surface area contributed by atoms with Crippen molar-refractivity contribution in [2.45, 2.75) is 25.6 Å². The number of benzene rings is 1. The lowest BCUT2D eigenvalue weighted by atomic mass is 10.2. The number of carbonyl (C=O) groups is 1. The number of alkyl halides is 3. The molecule has 4 nitrogen and oxygen atoms in total. The summed E-state index contributed by atoms with van der Waals surface area (Å²) in [4.78, 5) is 11.5. The fourth-order valence-corrected chi connectivity index (χ4v) is 1.45. The molecule has 0 aliphatic carbocycles. The molecule has 0 saturated heterocycles. The molecule has 112 valence electrons. The van der Waals surface area contributed by atoms with E-state index in [4.69, 9.17) is 10.5 Å². The highest BCUT2D eigenvalue weighted by Gasteiger charge is 2.26.